The molecule has 3 N–H and O–H groups in total. The molecule has 94 valence electrons. The first-order chi connectivity index (χ1) is 8.02. The van der Waals surface area contributed by atoms with Gasteiger partial charge >= 0.3 is 0 Å². The molecule has 1 aromatic carbocycles. The van der Waals surface area contributed by atoms with E-state index in [-0.39, 0.29) is 5.91 Å². The number of nitrogens with two attached hydrogens (primary N) is 1. The Labute approximate surface area is 102 Å². The van der Waals surface area contributed by atoms with E-state index in [1.807, 2.05) is 32.0 Å². The molecule has 0 aliphatic carbocycles. The first-order valence-corrected chi connectivity index (χ1v) is 5.74. The highest BCUT2D eigenvalue weighted by molar-refractivity contribution is 5.80. The van der Waals surface area contributed by atoms with Crippen molar-refractivity contribution in [1.29, 1.82) is 0 Å². The quantitative estimate of drug-likeness (QED) is 0.754. The molecule has 0 aliphatic rings. The standard InChI is InChI=1S/C13H20N2O2/c1-9-5-4-6-10(2)12(9)17-8-7-15-13(16)11(3)14/h4-6,11H,7-8,14H2,1-3H3,(H,15,16)/t11-/m1/s1. The lowest BCUT2D eigenvalue weighted by Crippen LogP contribution is -2.40. The fraction of sp³-hybridized carbons (Fsp3) is 0.462. The monoisotopic (exact) mass is 236 g/mol. The molecular weight excluding hydrogens is 216 g/mol. The summed E-state index contributed by atoms with van der Waals surface area (Å²) in [7, 11) is 0. The molecule has 1 rings (SSSR count). The van der Waals surface area contributed by atoms with Crippen molar-refractivity contribution in [1.82, 2.24) is 5.32 Å². The molecule has 0 heterocycles. The van der Waals surface area contributed by atoms with Gasteiger partial charge in [-0.25, -0.2) is 0 Å². The largest absolute Gasteiger partial charge is 0.491 e. The molecule has 1 amide bonds. The van der Waals surface area contributed by atoms with Gasteiger partial charge < -0.3 is 15.8 Å². The summed E-state index contributed by atoms with van der Waals surface area (Å²) in [4.78, 5) is 11.2. The number of benzene rings is 1. The third kappa shape index (κ3) is 4.07. The van der Waals surface area contributed by atoms with Gasteiger partial charge in [-0.1, -0.05) is 18.2 Å². The zero-order valence-electron chi connectivity index (χ0n) is 10.6. The highest BCUT2D eigenvalue weighted by atomic mass is 16.5. The molecule has 0 aromatic heterocycles. The van der Waals surface area contributed by atoms with Crippen molar-refractivity contribution in [2.75, 3.05) is 13.2 Å². The van der Waals surface area contributed by atoms with E-state index in [0.717, 1.165) is 16.9 Å². The van der Waals surface area contributed by atoms with Gasteiger partial charge in [-0.05, 0) is 31.9 Å². The fourth-order valence-corrected chi connectivity index (χ4v) is 1.52. The Kier molecular flexibility index (Phi) is 4.97. The summed E-state index contributed by atoms with van der Waals surface area (Å²) in [5.41, 5.74) is 7.63. The van der Waals surface area contributed by atoms with Crippen molar-refractivity contribution in [3.63, 3.8) is 0 Å². The summed E-state index contributed by atoms with van der Waals surface area (Å²) >= 11 is 0. The van der Waals surface area contributed by atoms with E-state index in [0.29, 0.717) is 13.2 Å². The van der Waals surface area contributed by atoms with Crippen LogP contribution in [0, 0.1) is 13.8 Å². The van der Waals surface area contributed by atoms with Crippen LogP contribution in [0.5, 0.6) is 5.75 Å². The van der Waals surface area contributed by atoms with Crippen LogP contribution >= 0.6 is 0 Å². The Morgan fingerprint density at radius 1 is 1.41 bits per heavy atom. The topological polar surface area (TPSA) is 64.3 Å². The van der Waals surface area contributed by atoms with E-state index in [1.54, 1.807) is 6.92 Å². The number of ether oxygens (including phenoxy) is 1. The molecule has 4 heteroatoms. The molecule has 0 radical (unpaired) electrons. The number of rotatable bonds is 5. The van der Waals surface area contributed by atoms with Gasteiger partial charge in [0.25, 0.3) is 0 Å². The van der Waals surface area contributed by atoms with Gasteiger partial charge in [0.1, 0.15) is 12.4 Å². The molecule has 0 bridgehead atoms. The maximum absolute atomic E-state index is 11.2. The number of aryl methyl sites for hydroxylation is 2. The molecule has 0 saturated heterocycles. The van der Waals surface area contributed by atoms with Crippen molar-refractivity contribution in [3.05, 3.63) is 29.3 Å². The number of para-hydroxylation sites is 1. The van der Waals surface area contributed by atoms with Crippen LogP contribution in [0.1, 0.15) is 18.1 Å². The fourth-order valence-electron chi connectivity index (χ4n) is 1.52. The van der Waals surface area contributed by atoms with Crippen LogP contribution in [0.2, 0.25) is 0 Å². The number of amides is 1. The Morgan fingerprint density at radius 2 is 2.00 bits per heavy atom. The van der Waals surface area contributed by atoms with E-state index in [1.165, 1.54) is 0 Å². The molecule has 1 aromatic rings. The van der Waals surface area contributed by atoms with E-state index >= 15 is 0 Å². The van der Waals surface area contributed by atoms with Crippen molar-refractivity contribution in [3.8, 4) is 5.75 Å². The molecule has 1 atom stereocenters. The van der Waals surface area contributed by atoms with Crippen molar-refractivity contribution in [2.45, 2.75) is 26.8 Å². The van der Waals surface area contributed by atoms with E-state index in [9.17, 15) is 4.79 Å². The zero-order chi connectivity index (χ0) is 12.8. The third-order valence-corrected chi connectivity index (χ3v) is 2.47. The maximum Gasteiger partial charge on any atom is 0.236 e. The highest BCUT2D eigenvalue weighted by Gasteiger charge is 2.06. The lowest BCUT2D eigenvalue weighted by atomic mass is 10.1. The molecule has 4 nitrogen and oxygen atoms in total. The van der Waals surface area contributed by atoms with Gasteiger partial charge in [0, 0.05) is 0 Å². The molecule has 0 fully saturated rings. The number of hydrogen-bond donors (Lipinski definition) is 2. The van der Waals surface area contributed by atoms with Gasteiger partial charge in [0.05, 0.1) is 12.6 Å². The first-order valence-electron chi connectivity index (χ1n) is 5.74. The maximum atomic E-state index is 11.2. The Morgan fingerprint density at radius 3 is 2.53 bits per heavy atom. The van der Waals surface area contributed by atoms with Gasteiger partial charge in [0.15, 0.2) is 0 Å². The van der Waals surface area contributed by atoms with Crippen molar-refractivity contribution < 1.29 is 9.53 Å². The predicted molar refractivity (Wildman–Crippen MR) is 68.1 cm³/mol. The SMILES string of the molecule is Cc1cccc(C)c1OCCNC(=O)[C@@H](C)N. The molecule has 0 saturated carbocycles. The van der Waals surface area contributed by atoms with E-state index in [2.05, 4.69) is 5.32 Å². The number of carbonyl (C=O) groups is 1. The zero-order valence-corrected chi connectivity index (χ0v) is 10.6. The summed E-state index contributed by atoms with van der Waals surface area (Å²) in [6.07, 6.45) is 0. The van der Waals surface area contributed by atoms with Gasteiger partial charge in [-0.15, -0.1) is 0 Å². The minimum Gasteiger partial charge on any atom is -0.491 e. The van der Waals surface area contributed by atoms with Gasteiger partial charge in [-0.2, -0.15) is 0 Å². The lowest BCUT2D eigenvalue weighted by molar-refractivity contribution is -0.122. The second-order valence-electron chi connectivity index (χ2n) is 4.15. The molecule has 0 aliphatic heterocycles. The highest BCUT2D eigenvalue weighted by Crippen LogP contribution is 2.21. The Bertz CT molecular complexity index is 369. The van der Waals surface area contributed by atoms with Gasteiger partial charge in [0.2, 0.25) is 5.91 Å². The number of hydrogen-bond acceptors (Lipinski definition) is 3. The van der Waals surface area contributed by atoms with E-state index < -0.39 is 6.04 Å². The Balaban J connectivity index is 2.39. The predicted octanol–water partition coefficient (Wildman–Crippen LogP) is 1.15. The summed E-state index contributed by atoms with van der Waals surface area (Å²) in [5, 5.41) is 2.70. The van der Waals surface area contributed by atoms with Crippen molar-refractivity contribution >= 4 is 5.91 Å². The second-order valence-corrected chi connectivity index (χ2v) is 4.15. The Hall–Kier alpha value is -1.55. The molecule has 17 heavy (non-hydrogen) atoms. The normalized spacial score (nSPS) is 12.0. The van der Waals surface area contributed by atoms with Crippen LogP contribution < -0.4 is 15.8 Å². The molecular formula is C13H20N2O2. The average molecular weight is 236 g/mol. The number of nitrogens with one attached hydrogen (secondary N) is 1. The van der Waals surface area contributed by atoms with Crippen LogP contribution in [-0.4, -0.2) is 25.1 Å². The number of carbonyl (C=O) groups excluding carboxylic acids is 1. The summed E-state index contributed by atoms with van der Waals surface area (Å²) in [5.74, 6) is 0.734. The summed E-state index contributed by atoms with van der Waals surface area (Å²) in [6, 6.07) is 5.52. The lowest BCUT2D eigenvalue weighted by Gasteiger charge is -2.12. The van der Waals surface area contributed by atoms with Crippen molar-refractivity contribution in [2.24, 2.45) is 5.73 Å². The van der Waals surface area contributed by atoms with Gasteiger partial charge in [-0.3, -0.25) is 4.79 Å². The smallest absolute Gasteiger partial charge is 0.236 e. The van der Waals surface area contributed by atoms with Crippen LogP contribution in [0.15, 0.2) is 18.2 Å². The third-order valence-electron chi connectivity index (χ3n) is 2.47. The minimum atomic E-state index is -0.477. The summed E-state index contributed by atoms with van der Waals surface area (Å²) in [6.45, 7) is 6.58. The second kappa shape index (κ2) is 6.25. The van der Waals surface area contributed by atoms with Crippen LogP contribution in [0.3, 0.4) is 0 Å². The first kappa shape index (κ1) is 13.5. The van der Waals surface area contributed by atoms with E-state index in [4.69, 9.17) is 10.5 Å². The van der Waals surface area contributed by atoms with Crippen LogP contribution in [0.25, 0.3) is 0 Å². The van der Waals surface area contributed by atoms with Crippen LogP contribution in [-0.2, 0) is 4.79 Å². The average Bonchev–Trinajstić information content (AvgIpc) is 2.27. The minimum absolute atomic E-state index is 0.157. The van der Waals surface area contributed by atoms with Crippen LogP contribution in [0.4, 0.5) is 0 Å². The molecule has 0 spiro atoms. The summed E-state index contributed by atoms with van der Waals surface area (Å²) < 4.78 is 5.64. The molecule has 0 unspecified atom stereocenters.